The molecule has 17 heavy (non-hydrogen) atoms. The molecule has 2 nitrogen and oxygen atoms in total. The van der Waals surface area contributed by atoms with E-state index in [1.165, 1.54) is 4.88 Å². The van der Waals surface area contributed by atoms with Crippen LogP contribution >= 0.6 is 11.3 Å². The quantitative estimate of drug-likeness (QED) is 0.677. The van der Waals surface area contributed by atoms with Gasteiger partial charge in [0.15, 0.2) is 5.82 Å². The highest BCUT2D eigenvalue weighted by molar-refractivity contribution is 7.13. The van der Waals surface area contributed by atoms with Crippen molar-refractivity contribution in [2.45, 2.75) is 0 Å². The lowest BCUT2D eigenvalue weighted by Gasteiger charge is -2.00. The van der Waals surface area contributed by atoms with Gasteiger partial charge in [0.25, 0.3) is 0 Å². The summed E-state index contributed by atoms with van der Waals surface area (Å²) in [5, 5.41) is 2.06. The molecule has 0 bridgehead atoms. The van der Waals surface area contributed by atoms with Gasteiger partial charge in [0.1, 0.15) is 0 Å². The Morgan fingerprint density at radius 2 is 1.53 bits per heavy atom. The molecule has 0 aliphatic rings. The number of hydrogen-bond donors (Lipinski definition) is 0. The van der Waals surface area contributed by atoms with E-state index in [-0.39, 0.29) is 0 Å². The molecule has 0 unspecified atom stereocenters. The van der Waals surface area contributed by atoms with E-state index in [2.05, 4.69) is 21.4 Å². The SMILES string of the molecule is c1ccc(-c2ncc(-c3cccs3)cn2)cc1. The second-order valence-electron chi connectivity index (χ2n) is 3.64. The number of benzene rings is 1. The Kier molecular flexibility index (Phi) is 2.68. The third-order valence-corrected chi connectivity index (χ3v) is 3.41. The first-order valence-electron chi connectivity index (χ1n) is 5.35. The van der Waals surface area contributed by atoms with Crippen molar-refractivity contribution in [3.05, 3.63) is 60.2 Å². The Balaban J connectivity index is 1.96. The highest BCUT2D eigenvalue weighted by atomic mass is 32.1. The van der Waals surface area contributed by atoms with E-state index in [9.17, 15) is 0 Å². The van der Waals surface area contributed by atoms with Crippen LogP contribution in [0.4, 0.5) is 0 Å². The molecule has 3 aromatic rings. The molecule has 0 amide bonds. The Labute approximate surface area is 104 Å². The average Bonchev–Trinajstić information content (AvgIpc) is 2.94. The van der Waals surface area contributed by atoms with Crippen LogP contribution < -0.4 is 0 Å². The molecular weight excluding hydrogens is 228 g/mol. The lowest BCUT2D eigenvalue weighted by atomic mass is 10.2. The van der Waals surface area contributed by atoms with Gasteiger partial charge >= 0.3 is 0 Å². The first-order chi connectivity index (χ1) is 8.43. The van der Waals surface area contributed by atoms with Crippen molar-refractivity contribution >= 4 is 11.3 Å². The maximum Gasteiger partial charge on any atom is 0.159 e. The van der Waals surface area contributed by atoms with Crippen molar-refractivity contribution in [3.8, 4) is 21.8 Å². The second kappa shape index (κ2) is 4.47. The number of rotatable bonds is 2. The van der Waals surface area contributed by atoms with Crippen molar-refractivity contribution in [1.29, 1.82) is 0 Å². The molecule has 2 aromatic heterocycles. The highest BCUT2D eigenvalue weighted by Gasteiger charge is 2.02. The molecule has 3 rings (SSSR count). The minimum atomic E-state index is 0.769. The minimum Gasteiger partial charge on any atom is -0.236 e. The van der Waals surface area contributed by atoms with Crippen LogP contribution in [0.3, 0.4) is 0 Å². The third kappa shape index (κ3) is 2.10. The first-order valence-corrected chi connectivity index (χ1v) is 6.23. The van der Waals surface area contributed by atoms with E-state index in [4.69, 9.17) is 0 Å². The molecule has 0 spiro atoms. The zero-order valence-corrected chi connectivity index (χ0v) is 9.89. The summed E-state index contributed by atoms with van der Waals surface area (Å²) in [5.74, 6) is 0.769. The Hall–Kier alpha value is -2.00. The van der Waals surface area contributed by atoms with Gasteiger partial charge < -0.3 is 0 Å². The fourth-order valence-electron chi connectivity index (χ4n) is 1.63. The third-order valence-electron chi connectivity index (χ3n) is 2.49. The van der Waals surface area contributed by atoms with Crippen molar-refractivity contribution in [2.24, 2.45) is 0 Å². The van der Waals surface area contributed by atoms with Gasteiger partial charge in [0.2, 0.25) is 0 Å². The van der Waals surface area contributed by atoms with Crippen LogP contribution in [0.2, 0.25) is 0 Å². The lowest BCUT2D eigenvalue weighted by Crippen LogP contribution is -1.88. The first kappa shape index (κ1) is 10.2. The highest BCUT2D eigenvalue weighted by Crippen LogP contribution is 2.24. The molecule has 0 N–H and O–H groups in total. The summed E-state index contributed by atoms with van der Waals surface area (Å²) in [4.78, 5) is 10.00. The van der Waals surface area contributed by atoms with Gasteiger partial charge in [-0.3, -0.25) is 0 Å². The summed E-state index contributed by atoms with van der Waals surface area (Å²) < 4.78 is 0. The average molecular weight is 238 g/mol. The van der Waals surface area contributed by atoms with E-state index < -0.39 is 0 Å². The lowest BCUT2D eigenvalue weighted by molar-refractivity contribution is 1.18. The Morgan fingerprint density at radius 3 is 2.18 bits per heavy atom. The molecule has 2 heterocycles. The molecule has 0 atom stereocenters. The van der Waals surface area contributed by atoms with Crippen molar-refractivity contribution in [1.82, 2.24) is 9.97 Å². The molecule has 0 saturated carbocycles. The molecule has 1 aromatic carbocycles. The van der Waals surface area contributed by atoms with E-state index in [0.717, 1.165) is 17.0 Å². The van der Waals surface area contributed by atoms with Gasteiger partial charge in [-0.05, 0) is 11.4 Å². The van der Waals surface area contributed by atoms with Crippen molar-refractivity contribution < 1.29 is 0 Å². The minimum absolute atomic E-state index is 0.769. The summed E-state index contributed by atoms with van der Waals surface area (Å²) in [7, 11) is 0. The topological polar surface area (TPSA) is 25.8 Å². The van der Waals surface area contributed by atoms with Crippen LogP contribution in [0, 0.1) is 0 Å². The second-order valence-corrected chi connectivity index (χ2v) is 4.59. The molecule has 0 radical (unpaired) electrons. The van der Waals surface area contributed by atoms with Gasteiger partial charge in [-0.15, -0.1) is 11.3 Å². The number of thiophene rings is 1. The van der Waals surface area contributed by atoms with Crippen LogP contribution in [-0.2, 0) is 0 Å². The standard InChI is InChI=1S/C14H10N2S/c1-2-5-11(6-3-1)14-15-9-12(10-16-14)13-7-4-8-17-13/h1-10H. The fraction of sp³-hybridized carbons (Fsp3) is 0. The molecule has 0 aliphatic carbocycles. The molecule has 0 fully saturated rings. The van der Waals surface area contributed by atoms with Crippen LogP contribution in [0.25, 0.3) is 21.8 Å². The Bertz CT molecular complexity index is 586. The van der Waals surface area contributed by atoms with Crippen molar-refractivity contribution in [2.75, 3.05) is 0 Å². The maximum absolute atomic E-state index is 4.40. The fourth-order valence-corrected chi connectivity index (χ4v) is 2.34. The predicted octanol–water partition coefficient (Wildman–Crippen LogP) is 3.87. The van der Waals surface area contributed by atoms with Crippen LogP contribution in [0.5, 0.6) is 0 Å². The zero-order chi connectivity index (χ0) is 11.5. The summed E-state index contributed by atoms with van der Waals surface area (Å²) in [5.41, 5.74) is 2.12. The summed E-state index contributed by atoms with van der Waals surface area (Å²) in [6, 6.07) is 14.1. The van der Waals surface area contributed by atoms with Gasteiger partial charge in [0, 0.05) is 28.4 Å². The van der Waals surface area contributed by atoms with E-state index in [1.807, 2.05) is 48.8 Å². The van der Waals surface area contributed by atoms with Gasteiger partial charge in [-0.2, -0.15) is 0 Å². The summed E-state index contributed by atoms with van der Waals surface area (Å²) >= 11 is 1.70. The van der Waals surface area contributed by atoms with E-state index >= 15 is 0 Å². The number of nitrogens with zero attached hydrogens (tertiary/aromatic N) is 2. The number of hydrogen-bond acceptors (Lipinski definition) is 3. The smallest absolute Gasteiger partial charge is 0.159 e. The number of aromatic nitrogens is 2. The van der Waals surface area contributed by atoms with Gasteiger partial charge in [-0.1, -0.05) is 36.4 Å². The maximum atomic E-state index is 4.40. The molecule has 82 valence electrons. The van der Waals surface area contributed by atoms with E-state index in [0.29, 0.717) is 0 Å². The molecule has 0 aliphatic heterocycles. The van der Waals surface area contributed by atoms with Crippen molar-refractivity contribution in [3.63, 3.8) is 0 Å². The van der Waals surface area contributed by atoms with E-state index in [1.54, 1.807) is 11.3 Å². The predicted molar refractivity (Wildman–Crippen MR) is 70.8 cm³/mol. The molecule has 0 saturated heterocycles. The molecular formula is C14H10N2S. The Morgan fingerprint density at radius 1 is 0.765 bits per heavy atom. The summed E-state index contributed by atoms with van der Waals surface area (Å²) in [6.45, 7) is 0. The van der Waals surface area contributed by atoms with Crippen LogP contribution in [0.15, 0.2) is 60.2 Å². The summed E-state index contributed by atoms with van der Waals surface area (Å²) in [6.07, 6.45) is 3.75. The zero-order valence-electron chi connectivity index (χ0n) is 9.08. The van der Waals surface area contributed by atoms with Gasteiger partial charge in [-0.25, -0.2) is 9.97 Å². The van der Waals surface area contributed by atoms with Gasteiger partial charge in [0.05, 0.1) is 0 Å². The van der Waals surface area contributed by atoms with Crippen LogP contribution in [-0.4, -0.2) is 9.97 Å². The largest absolute Gasteiger partial charge is 0.236 e. The normalized spacial score (nSPS) is 10.4. The molecule has 3 heteroatoms. The van der Waals surface area contributed by atoms with Crippen LogP contribution in [0.1, 0.15) is 0 Å². The monoisotopic (exact) mass is 238 g/mol.